The van der Waals surface area contributed by atoms with Crippen LogP contribution in [0.4, 0.5) is 0 Å². The van der Waals surface area contributed by atoms with Crippen molar-refractivity contribution >= 4 is 11.9 Å². The molecule has 0 saturated heterocycles. The average molecular weight is 398 g/mol. The molecule has 1 aliphatic rings. The van der Waals surface area contributed by atoms with E-state index in [1.165, 1.54) is 25.4 Å². The van der Waals surface area contributed by atoms with Crippen LogP contribution < -0.4 is 9.47 Å². The smallest absolute Gasteiger partial charge is 0.224 e. The third-order valence-corrected chi connectivity index (χ3v) is 4.08. The van der Waals surface area contributed by atoms with Crippen LogP contribution in [0.5, 0.6) is 11.6 Å². The highest BCUT2D eigenvalue weighted by Gasteiger charge is 2.21. The van der Waals surface area contributed by atoms with Crippen molar-refractivity contribution in [2.45, 2.75) is 19.3 Å². The first-order chi connectivity index (χ1) is 14.0. The minimum absolute atomic E-state index is 0.164. The van der Waals surface area contributed by atoms with Gasteiger partial charge in [0.2, 0.25) is 11.7 Å². The number of ether oxygens (including phenoxy) is 4. The van der Waals surface area contributed by atoms with Crippen LogP contribution in [-0.2, 0) is 16.1 Å². The summed E-state index contributed by atoms with van der Waals surface area (Å²) in [6.07, 6.45) is 8.52. The van der Waals surface area contributed by atoms with Gasteiger partial charge in [0.15, 0.2) is 6.29 Å². The van der Waals surface area contributed by atoms with Gasteiger partial charge in [-0.15, -0.1) is 0 Å². The molecule has 0 radical (unpaired) electrons. The lowest BCUT2D eigenvalue weighted by Crippen LogP contribution is -2.24. The van der Waals surface area contributed by atoms with E-state index in [2.05, 4.69) is 9.97 Å². The Kier molecular flexibility index (Phi) is 6.58. The van der Waals surface area contributed by atoms with Crippen molar-refractivity contribution in [3.63, 3.8) is 0 Å². The van der Waals surface area contributed by atoms with Gasteiger partial charge in [0.05, 0.1) is 30.3 Å². The number of methoxy groups -OCH3 is 1. The van der Waals surface area contributed by atoms with Crippen molar-refractivity contribution in [2.24, 2.45) is 0 Å². The lowest BCUT2D eigenvalue weighted by molar-refractivity contribution is -0.111. The van der Waals surface area contributed by atoms with Crippen LogP contribution in [0.1, 0.15) is 28.5 Å². The number of aldehydes is 1. The number of rotatable bonds is 9. The van der Waals surface area contributed by atoms with Gasteiger partial charge in [-0.05, 0) is 18.2 Å². The molecule has 152 valence electrons. The summed E-state index contributed by atoms with van der Waals surface area (Å²) in [7, 11) is 1.57. The minimum Gasteiger partial charge on any atom is -0.486 e. The van der Waals surface area contributed by atoms with Crippen LogP contribution >= 0.6 is 0 Å². The number of hydrogen-bond donors (Lipinski definition) is 1. The zero-order chi connectivity index (χ0) is 20.7. The van der Waals surface area contributed by atoms with Crippen LogP contribution in [0, 0.1) is 0 Å². The number of hydrogen-bond acceptors (Lipinski definition) is 8. The Morgan fingerprint density at radius 3 is 2.86 bits per heavy atom. The van der Waals surface area contributed by atoms with E-state index in [4.69, 9.17) is 18.9 Å². The van der Waals surface area contributed by atoms with Gasteiger partial charge in [-0.25, -0.2) is 4.98 Å². The van der Waals surface area contributed by atoms with Gasteiger partial charge >= 0.3 is 0 Å². The Bertz CT molecular complexity index is 923. The average Bonchev–Trinajstić information content (AvgIpc) is 2.73. The van der Waals surface area contributed by atoms with Gasteiger partial charge in [-0.2, -0.15) is 0 Å². The number of carbonyl (C=O) groups excluding carboxylic acids is 1. The summed E-state index contributed by atoms with van der Waals surface area (Å²) in [6, 6.07) is 5.17. The summed E-state index contributed by atoms with van der Waals surface area (Å²) in [4.78, 5) is 20.0. The first-order valence-electron chi connectivity index (χ1n) is 8.96. The SMILES string of the molecule is COCCOc1cc(C=O)c(OCc2cccnc2C2=COC(C)(O)C=C2)cn1. The number of aromatic nitrogens is 2. The fraction of sp³-hybridized carbons (Fsp3) is 0.286. The van der Waals surface area contributed by atoms with Crippen molar-refractivity contribution < 1.29 is 28.8 Å². The highest BCUT2D eigenvalue weighted by molar-refractivity contribution is 5.79. The van der Waals surface area contributed by atoms with Crippen LogP contribution in [-0.4, -0.2) is 47.5 Å². The maximum Gasteiger partial charge on any atom is 0.224 e. The molecular formula is C21H22N2O6. The van der Waals surface area contributed by atoms with Crippen molar-refractivity contribution in [1.82, 2.24) is 9.97 Å². The summed E-state index contributed by atoms with van der Waals surface area (Å²) >= 11 is 0. The standard InChI is InChI=1S/C21H22N2O6/c1-21(25)6-5-16(14-29-21)20-15(4-3-7-22-20)13-28-18-11-23-19(10-17(18)12-24)27-9-8-26-2/h3-7,10-12,14,25H,8-9,13H2,1-2H3. The number of allylic oxidation sites excluding steroid dienone is 2. The molecule has 2 aromatic heterocycles. The van der Waals surface area contributed by atoms with Crippen LogP contribution in [0.3, 0.4) is 0 Å². The second-order valence-corrected chi connectivity index (χ2v) is 6.40. The monoisotopic (exact) mass is 398 g/mol. The van der Waals surface area contributed by atoms with E-state index in [1.807, 2.05) is 6.07 Å². The summed E-state index contributed by atoms with van der Waals surface area (Å²) in [5.74, 6) is -0.687. The normalized spacial score (nSPS) is 18.0. The van der Waals surface area contributed by atoms with E-state index in [9.17, 15) is 9.90 Å². The fourth-order valence-electron chi connectivity index (χ4n) is 2.57. The first-order valence-corrected chi connectivity index (χ1v) is 8.96. The molecule has 1 aliphatic heterocycles. The van der Waals surface area contributed by atoms with E-state index in [0.29, 0.717) is 48.0 Å². The van der Waals surface area contributed by atoms with E-state index >= 15 is 0 Å². The molecule has 0 spiro atoms. The van der Waals surface area contributed by atoms with Crippen LogP contribution in [0.2, 0.25) is 0 Å². The van der Waals surface area contributed by atoms with Crippen molar-refractivity contribution in [2.75, 3.05) is 20.3 Å². The van der Waals surface area contributed by atoms with Gasteiger partial charge in [-0.3, -0.25) is 9.78 Å². The summed E-state index contributed by atoms with van der Waals surface area (Å²) in [6.45, 7) is 2.45. The molecule has 3 heterocycles. The molecule has 0 bridgehead atoms. The Morgan fingerprint density at radius 2 is 2.14 bits per heavy atom. The molecule has 0 amide bonds. The molecule has 8 heteroatoms. The maximum absolute atomic E-state index is 11.4. The van der Waals surface area contributed by atoms with Gasteiger partial charge in [0.25, 0.3) is 0 Å². The Balaban J connectivity index is 1.73. The highest BCUT2D eigenvalue weighted by Crippen LogP contribution is 2.27. The maximum atomic E-state index is 11.4. The van der Waals surface area contributed by atoms with Gasteiger partial charge in [-0.1, -0.05) is 6.07 Å². The quantitative estimate of drug-likeness (QED) is 0.508. The second kappa shape index (κ2) is 9.31. The Hall–Kier alpha value is -3.23. The molecule has 3 rings (SSSR count). The van der Waals surface area contributed by atoms with Crippen molar-refractivity contribution in [1.29, 1.82) is 0 Å². The Labute approximate surface area is 168 Å². The number of carbonyl (C=O) groups is 1. The predicted octanol–water partition coefficient (Wildman–Crippen LogP) is 2.53. The topological polar surface area (TPSA) is 100 Å². The second-order valence-electron chi connectivity index (χ2n) is 6.40. The van der Waals surface area contributed by atoms with E-state index < -0.39 is 5.79 Å². The predicted molar refractivity (Wildman–Crippen MR) is 104 cm³/mol. The zero-order valence-electron chi connectivity index (χ0n) is 16.2. The van der Waals surface area contributed by atoms with E-state index in [0.717, 1.165) is 5.56 Å². The van der Waals surface area contributed by atoms with Gasteiger partial charge < -0.3 is 24.1 Å². The van der Waals surface area contributed by atoms with E-state index in [1.54, 1.807) is 31.5 Å². The lowest BCUT2D eigenvalue weighted by atomic mass is 10.0. The molecule has 0 fully saturated rings. The molecular weight excluding hydrogens is 376 g/mol. The molecule has 8 nitrogen and oxygen atoms in total. The molecule has 1 atom stereocenters. The molecule has 1 N–H and O–H groups in total. The molecule has 2 aromatic rings. The fourth-order valence-corrected chi connectivity index (χ4v) is 2.57. The first kappa shape index (κ1) is 20.5. The summed E-state index contributed by atoms with van der Waals surface area (Å²) in [5.41, 5.74) is 2.46. The lowest BCUT2D eigenvalue weighted by Gasteiger charge is -2.23. The number of aliphatic hydroxyl groups is 1. The van der Waals surface area contributed by atoms with Crippen molar-refractivity contribution in [3.05, 3.63) is 65.8 Å². The summed E-state index contributed by atoms with van der Waals surface area (Å²) in [5, 5.41) is 9.85. The van der Waals surface area contributed by atoms with Gasteiger partial charge in [0, 0.05) is 37.4 Å². The van der Waals surface area contributed by atoms with Gasteiger partial charge in [0.1, 0.15) is 19.0 Å². The molecule has 0 saturated carbocycles. The largest absolute Gasteiger partial charge is 0.486 e. The van der Waals surface area contributed by atoms with Crippen LogP contribution in [0.15, 0.2) is 49.0 Å². The number of nitrogens with zero attached hydrogens (tertiary/aromatic N) is 2. The zero-order valence-corrected chi connectivity index (χ0v) is 16.2. The Morgan fingerprint density at radius 1 is 1.28 bits per heavy atom. The highest BCUT2D eigenvalue weighted by atomic mass is 16.6. The van der Waals surface area contributed by atoms with E-state index in [-0.39, 0.29) is 6.61 Å². The summed E-state index contributed by atoms with van der Waals surface area (Å²) < 4.78 is 21.4. The molecule has 1 unspecified atom stereocenters. The molecule has 0 aliphatic carbocycles. The van der Waals surface area contributed by atoms with Crippen LogP contribution in [0.25, 0.3) is 5.57 Å². The third-order valence-electron chi connectivity index (χ3n) is 4.08. The molecule has 29 heavy (non-hydrogen) atoms. The third kappa shape index (κ3) is 5.40. The molecule has 0 aromatic carbocycles. The van der Waals surface area contributed by atoms with Crippen molar-refractivity contribution in [3.8, 4) is 11.6 Å². The minimum atomic E-state index is -1.34. The number of pyridine rings is 2.